The third kappa shape index (κ3) is 5.96. The van der Waals surface area contributed by atoms with Crippen LogP contribution in [-0.2, 0) is 25.9 Å². The van der Waals surface area contributed by atoms with E-state index in [0.29, 0.717) is 0 Å². The molecule has 144 valence electrons. The molecule has 2 N–H and O–H groups in total. The van der Waals surface area contributed by atoms with Gasteiger partial charge in [-0.15, -0.1) is 34.2 Å². The van der Waals surface area contributed by atoms with Crippen molar-refractivity contribution in [2.45, 2.75) is 51.6 Å². The van der Waals surface area contributed by atoms with Gasteiger partial charge in [0.25, 0.3) is 0 Å². The standard InChI is InChI=1S/C17H28N8.HI/c1-18-17(19-9-5-12-24-13-6-10-21-24)20-11-8-16-23-22-15-7-3-2-4-14-25(15)16;/h6,10,13H,2-5,7-9,11-12,14H2,1H3,(H2,18,19,20);1H. The smallest absolute Gasteiger partial charge is 0.190 e. The molecule has 0 aromatic carbocycles. The molecule has 0 unspecified atom stereocenters. The average molecular weight is 472 g/mol. The number of hydrogen-bond acceptors (Lipinski definition) is 4. The van der Waals surface area contributed by atoms with Crippen LogP contribution in [0.1, 0.15) is 37.3 Å². The Balaban J connectivity index is 0.00000243. The van der Waals surface area contributed by atoms with Gasteiger partial charge in [-0.05, 0) is 25.3 Å². The molecular formula is C17H29IN8. The van der Waals surface area contributed by atoms with Crippen LogP contribution in [-0.4, -0.2) is 50.6 Å². The number of nitrogens with one attached hydrogen (secondary N) is 2. The molecule has 3 heterocycles. The van der Waals surface area contributed by atoms with Crippen LogP contribution in [0.5, 0.6) is 0 Å². The lowest BCUT2D eigenvalue weighted by Crippen LogP contribution is -2.39. The van der Waals surface area contributed by atoms with Gasteiger partial charge in [0.05, 0.1) is 0 Å². The second-order valence-electron chi connectivity index (χ2n) is 6.29. The number of aromatic nitrogens is 5. The molecule has 26 heavy (non-hydrogen) atoms. The van der Waals surface area contributed by atoms with Crippen molar-refractivity contribution in [2.75, 3.05) is 20.1 Å². The average Bonchev–Trinajstić information content (AvgIpc) is 3.22. The highest BCUT2D eigenvalue weighted by Gasteiger charge is 2.14. The Morgan fingerprint density at radius 2 is 2.08 bits per heavy atom. The molecule has 1 aliphatic heterocycles. The van der Waals surface area contributed by atoms with Crippen LogP contribution in [0, 0.1) is 0 Å². The van der Waals surface area contributed by atoms with E-state index in [1.54, 1.807) is 13.2 Å². The number of rotatable bonds is 7. The van der Waals surface area contributed by atoms with E-state index in [1.807, 2.05) is 16.9 Å². The van der Waals surface area contributed by atoms with Gasteiger partial charge in [-0.3, -0.25) is 9.67 Å². The Bertz CT molecular complexity index is 664. The molecule has 0 saturated heterocycles. The van der Waals surface area contributed by atoms with E-state index < -0.39 is 0 Å². The van der Waals surface area contributed by atoms with E-state index in [2.05, 4.69) is 35.5 Å². The summed E-state index contributed by atoms with van der Waals surface area (Å²) >= 11 is 0. The van der Waals surface area contributed by atoms with E-state index in [-0.39, 0.29) is 24.0 Å². The molecule has 0 atom stereocenters. The lowest BCUT2D eigenvalue weighted by molar-refractivity contribution is 0.569. The Morgan fingerprint density at radius 3 is 2.88 bits per heavy atom. The van der Waals surface area contributed by atoms with Gasteiger partial charge in [-0.1, -0.05) is 6.42 Å². The molecule has 8 nitrogen and oxygen atoms in total. The fourth-order valence-electron chi connectivity index (χ4n) is 3.12. The molecule has 0 spiro atoms. The van der Waals surface area contributed by atoms with Gasteiger partial charge in [-0.25, -0.2) is 0 Å². The van der Waals surface area contributed by atoms with Crippen LogP contribution >= 0.6 is 24.0 Å². The number of fused-ring (bicyclic) bond motifs is 1. The molecule has 1 aliphatic rings. The normalized spacial score (nSPS) is 14.3. The fraction of sp³-hybridized carbons (Fsp3) is 0.647. The second kappa shape index (κ2) is 11.1. The number of hydrogen-bond donors (Lipinski definition) is 2. The highest BCUT2D eigenvalue weighted by Crippen LogP contribution is 2.14. The molecule has 0 saturated carbocycles. The zero-order valence-electron chi connectivity index (χ0n) is 15.4. The number of aryl methyl sites for hydroxylation is 2. The maximum absolute atomic E-state index is 4.37. The van der Waals surface area contributed by atoms with Crippen molar-refractivity contribution in [1.82, 2.24) is 35.2 Å². The Kier molecular flexibility index (Phi) is 8.86. The highest BCUT2D eigenvalue weighted by molar-refractivity contribution is 14.0. The molecule has 0 aliphatic carbocycles. The summed E-state index contributed by atoms with van der Waals surface area (Å²) in [5.74, 6) is 3.06. The van der Waals surface area contributed by atoms with Gasteiger partial charge < -0.3 is 15.2 Å². The quantitative estimate of drug-likeness (QED) is 0.277. The SMILES string of the molecule is CN=C(NCCCn1cccn1)NCCc1nnc2n1CCCCC2.I. The van der Waals surface area contributed by atoms with Crippen LogP contribution in [0.4, 0.5) is 0 Å². The number of guanidine groups is 1. The molecule has 9 heteroatoms. The first-order chi connectivity index (χ1) is 12.4. The number of nitrogens with zero attached hydrogens (tertiary/aromatic N) is 6. The predicted molar refractivity (Wildman–Crippen MR) is 113 cm³/mol. The molecule has 0 radical (unpaired) electrons. The minimum absolute atomic E-state index is 0. The lowest BCUT2D eigenvalue weighted by atomic mass is 10.2. The van der Waals surface area contributed by atoms with Gasteiger partial charge in [0.15, 0.2) is 5.96 Å². The summed E-state index contributed by atoms with van der Waals surface area (Å²) < 4.78 is 4.24. The van der Waals surface area contributed by atoms with Crippen molar-refractivity contribution in [3.63, 3.8) is 0 Å². The lowest BCUT2D eigenvalue weighted by Gasteiger charge is -2.12. The van der Waals surface area contributed by atoms with Crippen molar-refractivity contribution in [3.8, 4) is 0 Å². The van der Waals surface area contributed by atoms with Crippen LogP contribution < -0.4 is 10.6 Å². The Labute approximate surface area is 171 Å². The molecule has 2 aromatic heterocycles. The van der Waals surface area contributed by atoms with E-state index >= 15 is 0 Å². The summed E-state index contributed by atoms with van der Waals surface area (Å²) in [7, 11) is 1.80. The fourth-order valence-corrected chi connectivity index (χ4v) is 3.12. The van der Waals surface area contributed by atoms with Crippen LogP contribution in [0.15, 0.2) is 23.5 Å². The largest absolute Gasteiger partial charge is 0.356 e. The highest BCUT2D eigenvalue weighted by atomic mass is 127. The number of halogens is 1. The van der Waals surface area contributed by atoms with Gasteiger partial charge in [-0.2, -0.15) is 5.10 Å². The third-order valence-corrected chi connectivity index (χ3v) is 4.47. The van der Waals surface area contributed by atoms with Crippen LogP contribution in [0.3, 0.4) is 0 Å². The van der Waals surface area contributed by atoms with E-state index in [9.17, 15) is 0 Å². The van der Waals surface area contributed by atoms with Crippen molar-refractivity contribution in [2.24, 2.45) is 4.99 Å². The first-order valence-electron chi connectivity index (χ1n) is 9.19. The Morgan fingerprint density at radius 1 is 1.19 bits per heavy atom. The number of aliphatic imine (C=N–C) groups is 1. The molecular weight excluding hydrogens is 443 g/mol. The van der Waals surface area contributed by atoms with E-state index in [4.69, 9.17) is 0 Å². The minimum atomic E-state index is 0. The van der Waals surface area contributed by atoms with Crippen LogP contribution in [0.25, 0.3) is 0 Å². The van der Waals surface area contributed by atoms with Gasteiger partial charge in [0, 0.05) is 58.5 Å². The zero-order valence-corrected chi connectivity index (χ0v) is 17.7. The van der Waals surface area contributed by atoms with Crippen molar-refractivity contribution >= 4 is 29.9 Å². The molecule has 0 fully saturated rings. The van der Waals surface area contributed by atoms with Gasteiger partial charge in [0.2, 0.25) is 0 Å². The van der Waals surface area contributed by atoms with Crippen molar-refractivity contribution < 1.29 is 0 Å². The van der Waals surface area contributed by atoms with Crippen molar-refractivity contribution in [3.05, 3.63) is 30.1 Å². The summed E-state index contributed by atoms with van der Waals surface area (Å²) in [5.41, 5.74) is 0. The summed E-state index contributed by atoms with van der Waals surface area (Å²) in [6.07, 6.45) is 10.4. The molecule has 2 aromatic rings. The minimum Gasteiger partial charge on any atom is -0.356 e. The summed E-state index contributed by atoms with van der Waals surface area (Å²) in [6, 6.07) is 1.94. The Hall–Kier alpha value is -1.65. The molecule has 0 amide bonds. The first kappa shape index (κ1) is 20.7. The van der Waals surface area contributed by atoms with E-state index in [0.717, 1.165) is 63.0 Å². The second-order valence-corrected chi connectivity index (χ2v) is 6.29. The first-order valence-corrected chi connectivity index (χ1v) is 9.19. The van der Waals surface area contributed by atoms with Gasteiger partial charge >= 0.3 is 0 Å². The molecule has 0 bridgehead atoms. The van der Waals surface area contributed by atoms with Gasteiger partial charge in [0.1, 0.15) is 11.6 Å². The predicted octanol–water partition coefficient (Wildman–Crippen LogP) is 1.62. The topological polar surface area (TPSA) is 84.9 Å². The summed E-state index contributed by atoms with van der Waals surface area (Å²) in [5, 5.41) is 19.6. The van der Waals surface area contributed by atoms with E-state index in [1.165, 1.54) is 19.3 Å². The van der Waals surface area contributed by atoms with Crippen molar-refractivity contribution in [1.29, 1.82) is 0 Å². The summed E-state index contributed by atoms with van der Waals surface area (Å²) in [4.78, 5) is 4.27. The maximum Gasteiger partial charge on any atom is 0.190 e. The summed E-state index contributed by atoms with van der Waals surface area (Å²) in [6.45, 7) is 3.62. The van der Waals surface area contributed by atoms with Crippen LogP contribution in [0.2, 0.25) is 0 Å². The maximum atomic E-state index is 4.37. The zero-order chi connectivity index (χ0) is 17.3. The molecule has 3 rings (SSSR count). The third-order valence-electron chi connectivity index (χ3n) is 4.47. The monoisotopic (exact) mass is 472 g/mol.